The summed E-state index contributed by atoms with van der Waals surface area (Å²) in [4.78, 5) is 13.1. The van der Waals surface area contributed by atoms with Crippen molar-refractivity contribution in [1.29, 1.82) is 0 Å². The smallest absolute Gasteiger partial charge is 0.332 e. The second kappa shape index (κ2) is 5.64. The van der Waals surface area contributed by atoms with Crippen molar-refractivity contribution in [2.24, 2.45) is 0 Å². The number of aliphatic carboxylic acids is 1. The van der Waals surface area contributed by atoms with Gasteiger partial charge >= 0.3 is 5.97 Å². The molecule has 0 aromatic heterocycles. The minimum atomic E-state index is -0.830. The first-order valence-corrected chi connectivity index (χ1v) is 6.05. The van der Waals surface area contributed by atoms with Crippen molar-refractivity contribution in [3.05, 3.63) is 0 Å². The van der Waals surface area contributed by atoms with Crippen LogP contribution in [0.25, 0.3) is 0 Å². The van der Waals surface area contributed by atoms with Gasteiger partial charge in [-0.3, -0.25) is 4.90 Å². The molecule has 0 unspecified atom stereocenters. The van der Waals surface area contributed by atoms with E-state index in [1.165, 1.54) is 0 Å². The summed E-state index contributed by atoms with van der Waals surface area (Å²) in [7, 11) is 0. The molecule has 94 valence electrons. The normalized spacial score (nSPS) is 25.9. The Morgan fingerprint density at radius 1 is 1.31 bits per heavy atom. The Balaban J connectivity index is 2.46. The first-order valence-electron chi connectivity index (χ1n) is 6.05. The van der Waals surface area contributed by atoms with Crippen LogP contribution in [0.15, 0.2) is 0 Å². The first kappa shape index (κ1) is 13.5. The molecule has 1 N–H and O–H groups in total. The second-order valence-electron chi connectivity index (χ2n) is 5.05. The Hall–Kier alpha value is -0.610. The third kappa shape index (κ3) is 3.46. The lowest BCUT2D eigenvalue weighted by Crippen LogP contribution is -2.42. The highest BCUT2D eigenvalue weighted by atomic mass is 16.5. The molecule has 2 atom stereocenters. The number of hydrogen-bond acceptors (Lipinski definition) is 3. The molecule has 1 rings (SSSR count). The summed E-state index contributed by atoms with van der Waals surface area (Å²) in [5.74, 6) is -0.830. The molecule has 1 aliphatic rings. The molecule has 0 aromatic carbocycles. The largest absolute Gasteiger partial charge is 0.479 e. The molecule has 0 spiro atoms. The zero-order chi connectivity index (χ0) is 12.3. The van der Waals surface area contributed by atoms with Crippen molar-refractivity contribution in [2.45, 2.75) is 64.8 Å². The van der Waals surface area contributed by atoms with Gasteiger partial charge < -0.3 is 9.84 Å². The van der Waals surface area contributed by atoms with Gasteiger partial charge in [0.15, 0.2) is 6.10 Å². The van der Waals surface area contributed by atoms with Crippen LogP contribution in [-0.2, 0) is 9.53 Å². The Kier molecular flexibility index (Phi) is 4.74. The van der Waals surface area contributed by atoms with Crippen LogP contribution < -0.4 is 0 Å². The monoisotopic (exact) mass is 229 g/mol. The molecule has 4 nitrogen and oxygen atoms in total. The van der Waals surface area contributed by atoms with E-state index in [1.54, 1.807) is 0 Å². The Morgan fingerprint density at radius 3 is 2.25 bits per heavy atom. The molecule has 16 heavy (non-hydrogen) atoms. The average molecular weight is 229 g/mol. The maximum Gasteiger partial charge on any atom is 0.332 e. The zero-order valence-electron chi connectivity index (χ0n) is 10.6. The predicted octanol–water partition coefficient (Wildman–Crippen LogP) is 1.74. The second-order valence-corrected chi connectivity index (χ2v) is 5.05. The highest BCUT2D eigenvalue weighted by Gasteiger charge is 2.32. The predicted molar refractivity (Wildman–Crippen MR) is 62.5 cm³/mol. The van der Waals surface area contributed by atoms with E-state index in [2.05, 4.69) is 32.6 Å². The maximum atomic E-state index is 10.8. The van der Waals surface area contributed by atoms with Crippen LogP contribution in [0.4, 0.5) is 0 Å². The topological polar surface area (TPSA) is 49.8 Å². The summed E-state index contributed by atoms with van der Waals surface area (Å²) in [6.07, 6.45) is 0.980. The van der Waals surface area contributed by atoms with Crippen LogP contribution in [0.1, 0.15) is 40.5 Å². The fourth-order valence-corrected chi connectivity index (χ4v) is 2.27. The van der Waals surface area contributed by atoms with Gasteiger partial charge in [-0.25, -0.2) is 4.79 Å². The van der Waals surface area contributed by atoms with Gasteiger partial charge in [-0.15, -0.1) is 0 Å². The Bertz CT molecular complexity index is 232. The van der Waals surface area contributed by atoms with Gasteiger partial charge in [-0.2, -0.15) is 0 Å². The quantitative estimate of drug-likeness (QED) is 0.780. The summed E-state index contributed by atoms with van der Waals surface area (Å²) in [6.45, 7) is 9.46. The molecule has 0 amide bonds. The molecule has 1 fully saturated rings. The summed E-state index contributed by atoms with van der Waals surface area (Å²) >= 11 is 0. The average Bonchev–Trinajstić information content (AvgIpc) is 2.61. The van der Waals surface area contributed by atoms with Crippen molar-refractivity contribution in [3.8, 4) is 0 Å². The molecule has 1 heterocycles. The SMILES string of the molecule is CC(C)N(C[C@H]1CC[C@@H](C(=O)O)O1)C(C)C. The minimum absolute atomic E-state index is 0.0749. The van der Waals surface area contributed by atoms with E-state index in [-0.39, 0.29) is 6.10 Å². The number of hydrogen-bond donors (Lipinski definition) is 1. The molecule has 0 saturated carbocycles. The number of carbonyl (C=O) groups is 1. The molecule has 0 radical (unpaired) electrons. The summed E-state index contributed by atoms with van der Waals surface area (Å²) in [5, 5.41) is 8.84. The van der Waals surface area contributed by atoms with Crippen molar-refractivity contribution >= 4 is 5.97 Å². The van der Waals surface area contributed by atoms with Crippen LogP contribution in [0.5, 0.6) is 0 Å². The highest BCUT2D eigenvalue weighted by molar-refractivity contribution is 5.72. The molecule has 4 heteroatoms. The Morgan fingerprint density at radius 2 is 1.88 bits per heavy atom. The Labute approximate surface area is 97.6 Å². The molecule has 0 aromatic rings. The standard InChI is InChI=1S/C12H23NO3/c1-8(2)13(9(3)4)7-10-5-6-11(16-10)12(14)15/h8-11H,5-7H2,1-4H3,(H,14,15)/t10-,11+/m1/s1. The van der Waals surface area contributed by atoms with E-state index in [0.29, 0.717) is 18.5 Å². The molecule has 1 aliphatic heterocycles. The van der Waals surface area contributed by atoms with Gasteiger partial charge in [-0.1, -0.05) is 0 Å². The molecular weight excluding hydrogens is 206 g/mol. The highest BCUT2D eigenvalue weighted by Crippen LogP contribution is 2.22. The number of ether oxygens (including phenoxy) is 1. The van der Waals surface area contributed by atoms with Crippen LogP contribution in [-0.4, -0.2) is 46.8 Å². The van der Waals surface area contributed by atoms with Crippen LogP contribution in [0.3, 0.4) is 0 Å². The van der Waals surface area contributed by atoms with E-state index in [4.69, 9.17) is 9.84 Å². The summed E-state index contributed by atoms with van der Waals surface area (Å²) < 4.78 is 5.51. The van der Waals surface area contributed by atoms with Gasteiger partial charge in [0, 0.05) is 18.6 Å². The molecule has 1 saturated heterocycles. The van der Waals surface area contributed by atoms with E-state index >= 15 is 0 Å². The van der Waals surface area contributed by atoms with E-state index in [0.717, 1.165) is 13.0 Å². The fraction of sp³-hybridized carbons (Fsp3) is 0.917. The van der Waals surface area contributed by atoms with Gasteiger partial charge in [0.05, 0.1) is 6.10 Å². The van der Waals surface area contributed by atoms with Crippen LogP contribution >= 0.6 is 0 Å². The fourth-order valence-electron chi connectivity index (χ4n) is 2.27. The van der Waals surface area contributed by atoms with Gasteiger partial charge in [0.1, 0.15) is 0 Å². The van der Waals surface area contributed by atoms with E-state index in [1.807, 2.05) is 0 Å². The molecular formula is C12H23NO3. The first-order chi connectivity index (χ1) is 7.41. The third-order valence-electron chi connectivity index (χ3n) is 3.12. The lowest BCUT2D eigenvalue weighted by atomic mass is 10.1. The molecule has 0 aliphatic carbocycles. The van der Waals surface area contributed by atoms with Crippen molar-refractivity contribution in [3.63, 3.8) is 0 Å². The number of nitrogens with zero attached hydrogens (tertiary/aromatic N) is 1. The van der Waals surface area contributed by atoms with Gasteiger partial charge in [0.25, 0.3) is 0 Å². The number of carboxylic acid groups (broad SMARTS) is 1. The van der Waals surface area contributed by atoms with E-state index < -0.39 is 12.1 Å². The summed E-state index contributed by atoms with van der Waals surface area (Å²) in [6, 6.07) is 0.931. The van der Waals surface area contributed by atoms with E-state index in [9.17, 15) is 4.79 Å². The van der Waals surface area contributed by atoms with Gasteiger partial charge in [-0.05, 0) is 40.5 Å². The zero-order valence-corrected chi connectivity index (χ0v) is 10.6. The number of rotatable bonds is 5. The van der Waals surface area contributed by atoms with Crippen LogP contribution in [0, 0.1) is 0 Å². The number of carboxylic acids is 1. The lowest BCUT2D eigenvalue weighted by molar-refractivity contribution is -0.149. The maximum absolute atomic E-state index is 10.8. The van der Waals surface area contributed by atoms with Crippen molar-refractivity contribution in [2.75, 3.05) is 6.54 Å². The minimum Gasteiger partial charge on any atom is -0.479 e. The summed E-state index contributed by atoms with van der Waals surface area (Å²) in [5.41, 5.74) is 0. The van der Waals surface area contributed by atoms with Crippen molar-refractivity contribution < 1.29 is 14.6 Å². The lowest BCUT2D eigenvalue weighted by Gasteiger charge is -2.32. The third-order valence-corrected chi connectivity index (χ3v) is 3.12. The van der Waals surface area contributed by atoms with Gasteiger partial charge in [0.2, 0.25) is 0 Å². The van der Waals surface area contributed by atoms with Crippen molar-refractivity contribution in [1.82, 2.24) is 4.90 Å². The van der Waals surface area contributed by atoms with Crippen LogP contribution in [0.2, 0.25) is 0 Å². The molecule has 0 bridgehead atoms.